The van der Waals surface area contributed by atoms with Crippen LogP contribution in [0, 0.1) is 22.7 Å². The van der Waals surface area contributed by atoms with Gasteiger partial charge < -0.3 is 5.73 Å². The van der Waals surface area contributed by atoms with Crippen molar-refractivity contribution in [1.29, 1.82) is 0 Å². The first-order valence-corrected chi connectivity index (χ1v) is 6.37. The Morgan fingerprint density at radius 3 is 2.47 bits per heavy atom. The van der Waals surface area contributed by atoms with Crippen molar-refractivity contribution in [3.8, 4) is 0 Å². The fraction of sp³-hybridized carbons (Fsp3) is 0.846. The van der Waals surface area contributed by atoms with Gasteiger partial charge in [-0.15, -0.1) is 0 Å². The molecular weight excluding hydrogens is 214 g/mol. The Balaban J connectivity index is 2.16. The summed E-state index contributed by atoms with van der Waals surface area (Å²) in [6.07, 6.45) is 3.77. The van der Waals surface area contributed by atoms with Crippen LogP contribution in [0.4, 0.5) is 4.79 Å². The van der Waals surface area contributed by atoms with Crippen LogP contribution >= 0.6 is 0 Å². The number of nitrogens with two attached hydrogens (primary N) is 1. The standard InChI is InChI=1S/C13H23N3O/c1-8(15-16-11(14)17)9-7-13(4)6-5-10(9)12(13,2)3/h9-10H,5-7H2,1-4H3,(H3,14,16,17)/b15-8+/t9-,10+,13-/m1/s1. The van der Waals surface area contributed by atoms with Gasteiger partial charge in [0.2, 0.25) is 0 Å². The third-order valence-corrected chi connectivity index (χ3v) is 5.52. The number of hydrogen-bond donors (Lipinski definition) is 2. The zero-order valence-electron chi connectivity index (χ0n) is 11.2. The number of primary amides is 1. The van der Waals surface area contributed by atoms with Gasteiger partial charge >= 0.3 is 6.03 Å². The summed E-state index contributed by atoms with van der Waals surface area (Å²) in [5, 5.41) is 4.11. The Morgan fingerprint density at radius 1 is 1.41 bits per heavy atom. The summed E-state index contributed by atoms with van der Waals surface area (Å²) in [5.41, 5.74) is 9.20. The van der Waals surface area contributed by atoms with Gasteiger partial charge in [-0.3, -0.25) is 0 Å². The predicted octanol–water partition coefficient (Wildman–Crippen LogP) is 2.49. The molecule has 3 N–H and O–H groups in total. The van der Waals surface area contributed by atoms with E-state index >= 15 is 0 Å². The third kappa shape index (κ3) is 1.74. The van der Waals surface area contributed by atoms with E-state index in [-0.39, 0.29) is 0 Å². The minimum absolute atomic E-state index is 0.376. The molecule has 4 heteroatoms. The molecule has 17 heavy (non-hydrogen) atoms. The fourth-order valence-corrected chi connectivity index (χ4v) is 3.97. The van der Waals surface area contributed by atoms with Crippen LogP contribution in [0.3, 0.4) is 0 Å². The second kappa shape index (κ2) is 3.72. The second-order valence-electron chi connectivity index (χ2n) is 6.47. The molecule has 2 aliphatic carbocycles. The van der Waals surface area contributed by atoms with Gasteiger partial charge in [0.05, 0.1) is 0 Å². The predicted molar refractivity (Wildman–Crippen MR) is 68.5 cm³/mol. The van der Waals surface area contributed by atoms with Gasteiger partial charge in [-0.05, 0) is 42.9 Å². The van der Waals surface area contributed by atoms with E-state index in [1.807, 2.05) is 6.92 Å². The molecule has 2 bridgehead atoms. The van der Waals surface area contributed by atoms with Crippen molar-refractivity contribution in [2.75, 3.05) is 0 Å². The Morgan fingerprint density at radius 2 is 2.06 bits per heavy atom. The number of carbonyl (C=O) groups is 1. The average molecular weight is 237 g/mol. The highest BCUT2D eigenvalue weighted by Crippen LogP contribution is 2.67. The van der Waals surface area contributed by atoms with Gasteiger partial charge in [0.15, 0.2) is 0 Å². The van der Waals surface area contributed by atoms with E-state index < -0.39 is 6.03 Å². The molecule has 0 aromatic heterocycles. The van der Waals surface area contributed by atoms with E-state index in [1.54, 1.807) is 0 Å². The lowest BCUT2D eigenvalue weighted by Gasteiger charge is -2.34. The van der Waals surface area contributed by atoms with Crippen LogP contribution in [-0.2, 0) is 0 Å². The summed E-state index contributed by atoms with van der Waals surface area (Å²) >= 11 is 0. The number of nitrogens with zero attached hydrogens (tertiary/aromatic N) is 1. The van der Waals surface area contributed by atoms with E-state index in [1.165, 1.54) is 19.3 Å². The van der Waals surface area contributed by atoms with Gasteiger partial charge in [0, 0.05) is 11.6 Å². The topological polar surface area (TPSA) is 67.5 Å². The molecule has 0 aromatic rings. The molecule has 0 saturated heterocycles. The SMILES string of the molecule is C/C(=N\NC(N)=O)[C@H]1C[C@@]2(C)CC[C@@H]1C2(C)C. The maximum atomic E-state index is 10.7. The van der Waals surface area contributed by atoms with Gasteiger partial charge in [-0.25, -0.2) is 10.2 Å². The first kappa shape index (κ1) is 12.4. The number of amides is 2. The lowest BCUT2D eigenvalue weighted by atomic mass is 9.71. The monoisotopic (exact) mass is 237 g/mol. The smallest absolute Gasteiger partial charge is 0.332 e. The van der Waals surface area contributed by atoms with E-state index in [0.717, 1.165) is 5.71 Å². The van der Waals surface area contributed by atoms with Crippen LogP contribution in [-0.4, -0.2) is 11.7 Å². The van der Waals surface area contributed by atoms with Crippen molar-refractivity contribution in [3.63, 3.8) is 0 Å². The average Bonchev–Trinajstić information content (AvgIpc) is 2.57. The highest BCUT2D eigenvalue weighted by Gasteiger charge is 2.60. The lowest BCUT2D eigenvalue weighted by Crippen LogP contribution is -2.29. The Kier molecular flexibility index (Phi) is 2.71. The first-order chi connectivity index (χ1) is 7.78. The van der Waals surface area contributed by atoms with Gasteiger partial charge in [0.25, 0.3) is 0 Å². The minimum Gasteiger partial charge on any atom is -0.350 e. The number of rotatable bonds is 2. The highest BCUT2D eigenvalue weighted by atomic mass is 16.2. The summed E-state index contributed by atoms with van der Waals surface area (Å²) in [7, 11) is 0. The number of hydrazone groups is 1. The summed E-state index contributed by atoms with van der Waals surface area (Å²) in [4.78, 5) is 10.7. The van der Waals surface area contributed by atoms with Crippen molar-refractivity contribution < 1.29 is 4.79 Å². The molecule has 2 saturated carbocycles. The largest absolute Gasteiger partial charge is 0.350 e. The lowest BCUT2D eigenvalue weighted by molar-refractivity contribution is 0.152. The molecule has 96 valence electrons. The van der Waals surface area contributed by atoms with Crippen molar-refractivity contribution >= 4 is 11.7 Å². The summed E-state index contributed by atoms with van der Waals surface area (Å²) in [6, 6.07) is -0.585. The molecule has 0 unspecified atom stereocenters. The molecule has 2 rings (SSSR count). The van der Waals surface area contributed by atoms with Crippen LogP contribution in [0.2, 0.25) is 0 Å². The summed E-state index contributed by atoms with van der Waals surface area (Å²) < 4.78 is 0. The fourth-order valence-electron chi connectivity index (χ4n) is 3.97. The van der Waals surface area contributed by atoms with E-state index in [9.17, 15) is 4.79 Å². The van der Waals surface area contributed by atoms with Crippen molar-refractivity contribution in [3.05, 3.63) is 0 Å². The molecule has 3 atom stereocenters. The van der Waals surface area contributed by atoms with Crippen molar-refractivity contribution in [2.45, 2.75) is 47.0 Å². The number of carbonyl (C=O) groups excluding carboxylic acids is 1. The van der Waals surface area contributed by atoms with Crippen molar-refractivity contribution in [2.24, 2.45) is 33.5 Å². The van der Waals surface area contributed by atoms with Crippen LogP contribution in [0.5, 0.6) is 0 Å². The molecule has 2 amide bonds. The zero-order valence-corrected chi connectivity index (χ0v) is 11.2. The molecule has 4 nitrogen and oxygen atoms in total. The number of urea groups is 1. The second-order valence-corrected chi connectivity index (χ2v) is 6.47. The molecular formula is C13H23N3O. The number of hydrogen-bond acceptors (Lipinski definition) is 2. The normalized spacial score (nSPS) is 39.4. The highest BCUT2D eigenvalue weighted by molar-refractivity contribution is 5.86. The number of nitrogens with one attached hydrogen (secondary N) is 1. The molecule has 0 radical (unpaired) electrons. The molecule has 0 spiro atoms. The van der Waals surface area contributed by atoms with E-state index in [0.29, 0.717) is 22.7 Å². The van der Waals surface area contributed by atoms with Crippen LogP contribution in [0.15, 0.2) is 5.10 Å². The number of fused-ring (bicyclic) bond motifs is 2. The Labute approximate surface area is 103 Å². The Bertz CT molecular complexity index is 372. The maximum Gasteiger partial charge on any atom is 0.332 e. The molecule has 2 fully saturated rings. The summed E-state index contributed by atoms with van der Waals surface area (Å²) in [6.45, 7) is 9.14. The minimum atomic E-state index is -0.585. The van der Waals surface area contributed by atoms with E-state index in [2.05, 4.69) is 31.3 Å². The van der Waals surface area contributed by atoms with Gasteiger partial charge in [0.1, 0.15) is 0 Å². The van der Waals surface area contributed by atoms with Gasteiger partial charge in [-0.1, -0.05) is 20.8 Å². The Hall–Kier alpha value is -1.06. The quantitative estimate of drug-likeness (QED) is 0.562. The van der Waals surface area contributed by atoms with Crippen molar-refractivity contribution in [1.82, 2.24) is 5.43 Å². The van der Waals surface area contributed by atoms with Gasteiger partial charge in [-0.2, -0.15) is 5.10 Å². The first-order valence-electron chi connectivity index (χ1n) is 6.37. The third-order valence-electron chi connectivity index (χ3n) is 5.52. The maximum absolute atomic E-state index is 10.7. The molecule has 0 aromatic carbocycles. The summed E-state index contributed by atoms with van der Waals surface area (Å²) in [5.74, 6) is 1.18. The van der Waals surface area contributed by atoms with Crippen LogP contribution in [0.25, 0.3) is 0 Å². The van der Waals surface area contributed by atoms with Crippen LogP contribution in [0.1, 0.15) is 47.0 Å². The zero-order chi connectivity index (χ0) is 12.8. The molecule has 0 heterocycles. The van der Waals surface area contributed by atoms with Crippen LogP contribution < -0.4 is 11.2 Å². The van der Waals surface area contributed by atoms with E-state index in [4.69, 9.17) is 5.73 Å². The molecule has 2 aliphatic rings. The molecule has 0 aliphatic heterocycles.